The van der Waals surface area contributed by atoms with Gasteiger partial charge in [0, 0.05) is 18.1 Å². The fraction of sp³-hybridized carbons (Fsp3) is 1.00. The number of hydrogen-bond acceptors (Lipinski definition) is 2. The molecule has 106 valence electrons. The maximum absolute atomic E-state index is 6.61. The van der Waals surface area contributed by atoms with Crippen LogP contribution in [0.1, 0.15) is 72.1 Å². The highest BCUT2D eigenvalue weighted by Crippen LogP contribution is 2.38. The van der Waals surface area contributed by atoms with E-state index in [1.54, 1.807) is 0 Å². The second kappa shape index (κ2) is 5.92. The van der Waals surface area contributed by atoms with E-state index in [0.717, 1.165) is 6.04 Å². The Labute approximate surface area is 113 Å². The molecule has 1 saturated heterocycles. The molecule has 2 aliphatic rings. The van der Waals surface area contributed by atoms with Crippen LogP contribution in [-0.4, -0.2) is 29.6 Å². The van der Waals surface area contributed by atoms with E-state index in [1.807, 2.05) is 0 Å². The molecule has 3 atom stereocenters. The summed E-state index contributed by atoms with van der Waals surface area (Å²) in [4.78, 5) is 2.79. The molecule has 1 saturated carbocycles. The van der Waals surface area contributed by atoms with Crippen molar-refractivity contribution in [2.75, 3.05) is 6.54 Å². The quantitative estimate of drug-likeness (QED) is 0.814. The molecule has 0 amide bonds. The molecule has 2 N–H and O–H groups in total. The van der Waals surface area contributed by atoms with Gasteiger partial charge in [0.2, 0.25) is 0 Å². The number of nitrogens with zero attached hydrogens (tertiary/aromatic N) is 1. The number of nitrogens with two attached hydrogens (primary N) is 1. The van der Waals surface area contributed by atoms with Gasteiger partial charge in [0.05, 0.1) is 0 Å². The van der Waals surface area contributed by atoms with Gasteiger partial charge in [0.1, 0.15) is 0 Å². The summed E-state index contributed by atoms with van der Waals surface area (Å²) in [5, 5.41) is 0. The molecule has 2 heteroatoms. The highest BCUT2D eigenvalue weighted by atomic mass is 15.2. The van der Waals surface area contributed by atoms with Gasteiger partial charge in [-0.3, -0.25) is 4.90 Å². The summed E-state index contributed by atoms with van der Waals surface area (Å²) in [6.07, 6.45) is 10.9. The topological polar surface area (TPSA) is 29.3 Å². The summed E-state index contributed by atoms with van der Waals surface area (Å²) in [6, 6.07) is 1.78. The molecule has 0 radical (unpaired) electrons. The fourth-order valence-corrected chi connectivity index (χ4v) is 4.08. The third-order valence-corrected chi connectivity index (χ3v) is 5.46. The zero-order valence-electron chi connectivity index (χ0n) is 12.6. The van der Waals surface area contributed by atoms with Crippen molar-refractivity contribution in [1.29, 1.82) is 0 Å². The van der Waals surface area contributed by atoms with Crippen molar-refractivity contribution in [2.45, 2.75) is 90.3 Å². The van der Waals surface area contributed by atoms with Crippen molar-refractivity contribution in [3.05, 3.63) is 0 Å². The molecule has 0 aromatic carbocycles. The average molecular weight is 252 g/mol. The van der Waals surface area contributed by atoms with Crippen molar-refractivity contribution in [3.63, 3.8) is 0 Å². The van der Waals surface area contributed by atoms with Crippen molar-refractivity contribution >= 4 is 0 Å². The Bertz CT molecular complexity index is 262. The summed E-state index contributed by atoms with van der Waals surface area (Å²) in [7, 11) is 0. The van der Waals surface area contributed by atoms with E-state index < -0.39 is 0 Å². The van der Waals surface area contributed by atoms with E-state index in [-0.39, 0.29) is 0 Å². The molecule has 1 aliphatic heterocycles. The average Bonchev–Trinajstić information content (AvgIpc) is 2.57. The monoisotopic (exact) mass is 252 g/mol. The van der Waals surface area contributed by atoms with Crippen LogP contribution in [0.25, 0.3) is 0 Å². The Balaban J connectivity index is 2.11. The van der Waals surface area contributed by atoms with Crippen LogP contribution in [0.3, 0.4) is 0 Å². The van der Waals surface area contributed by atoms with Crippen LogP contribution >= 0.6 is 0 Å². The second-order valence-electron chi connectivity index (χ2n) is 7.12. The minimum Gasteiger partial charge on any atom is -0.326 e. The first-order valence-electron chi connectivity index (χ1n) is 8.07. The molecular weight excluding hydrogens is 220 g/mol. The molecule has 2 rings (SSSR count). The van der Waals surface area contributed by atoms with Crippen LogP contribution in [-0.2, 0) is 0 Å². The molecule has 18 heavy (non-hydrogen) atoms. The Hall–Kier alpha value is -0.0800. The maximum Gasteiger partial charge on any atom is 0.0255 e. The lowest BCUT2D eigenvalue weighted by Gasteiger charge is -2.48. The third-order valence-electron chi connectivity index (χ3n) is 5.46. The maximum atomic E-state index is 6.61. The van der Waals surface area contributed by atoms with Gasteiger partial charge in [-0.05, 0) is 44.1 Å². The Kier molecular flexibility index (Phi) is 4.71. The summed E-state index contributed by atoms with van der Waals surface area (Å²) in [5.41, 5.74) is 6.94. The van der Waals surface area contributed by atoms with Gasteiger partial charge in [-0.15, -0.1) is 0 Å². The zero-order valence-corrected chi connectivity index (χ0v) is 12.6. The van der Waals surface area contributed by atoms with Crippen molar-refractivity contribution in [1.82, 2.24) is 4.90 Å². The Morgan fingerprint density at radius 2 is 1.89 bits per heavy atom. The van der Waals surface area contributed by atoms with Crippen LogP contribution in [0.2, 0.25) is 0 Å². The number of likely N-dealkylation sites (tertiary alicyclic amines) is 1. The van der Waals surface area contributed by atoms with Crippen molar-refractivity contribution in [3.8, 4) is 0 Å². The van der Waals surface area contributed by atoms with Gasteiger partial charge in [-0.25, -0.2) is 0 Å². The molecule has 1 heterocycles. The van der Waals surface area contributed by atoms with Gasteiger partial charge >= 0.3 is 0 Å². The van der Waals surface area contributed by atoms with Crippen LogP contribution in [0.15, 0.2) is 0 Å². The SMILES string of the molecule is CCC1CCCCCN1C1CCCC(C)(C)C1N. The molecule has 2 nitrogen and oxygen atoms in total. The van der Waals surface area contributed by atoms with E-state index in [9.17, 15) is 0 Å². The van der Waals surface area contributed by atoms with Crippen molar-refractivity contribution in [2.24, 2.45) is 11.1 Å². The molecule has 2 fully saturated rings. The normalized spacial score (nSPS) is 38.3. The van der Waals surface area contributed by atoms with Crippen LogP contribution in [0.4, 0.5) is 0 Å². The fourth-order valence-electron chi connectivity index (χ4n) is 4.08. The highest BCUT2D eigenvalue weighted by Gasteiger charge is 2.40. The third kappa shape index (κ3) is 2.91. The predicted octanol–water partition coefficient (Wildman–Crippen LogP) is 3.55. The standard InChI is InChI=1S/C16H32N2/c1-4-13-9-6-5-7-12-18(13)14-10-8-11-16(2,3)15(14)17/h13-15H,4-12,17H2,1-3H3. The first kappa shape index (κ1) is 14.3. The first-order valence-corrected chi connectivity index (χ1v) is 8.07. The number of rotatable bonds is 2. The Morgan fingerprint density at radius 3 is 2.61 bits per heavy atom. The number of hydrogen-bond donors (Lipinski definition) is 1. The lowest BCUT2D eigenvalue weighted by Crippen LogP contribution is -2.59. The van der Waals surface area contributed by atoms with Gasteiger partial charge in [-0.1, -0.05) is 40.0 Å². The van der Waals surface area contributed by atoms with E-state index >= 15 is 0 Å². The summed E-state index contributed by atoms with van der Waals surface area (Å²) in [5.74, 6) is 0. The van der Waals surface area contributed by atoms with Gasteiger partial charge in [-0.2, -0.15) is 0 Å². The minimum absolute atomic E-state index is 0.327. The Morgan fingerprint density at radius 1 is 1.11 bits per heavy atom. The molecule has 0 aromatic heterocycles. The molecule has 0 spiro atoms. The molecule has 1 aliphatic carbocycles. The zero-order chi connectivity index (χ0) is 13.2. The molecular formula is C16H32N2. The van der Waals surface area contributed by atoms with E-state index in [2.05, 4.69) is 25.7 Å². The largest absolute Gasteiger partial charge is 0.326 e. The van der Waals surface area contributed by atoms with Gasteiger partial charge in [0.15, 0.2) is 0 Å². The summed E-state index contributed by atoms with van der Waals surface area (Å²) < 4.78 is 0. The predicted molar refractivity (Wildman–Crippen MR) is 78.6 cm³/mol. The lowest BCUT2D eigenvalue weighted by molar-refractivity contribution is 0.0391. The van der Waals surface area contributed by atoms with E-state index in [1.165, 1.54) is 57.9 Å². The van der Waals surface area contributed by atoms with Gasteiger partial charge < -0.3 is 5.73 Å². The summed E-state index contributed by atoms with van der Waals surface area (Å²) >= 11 is 0. The molecule has 0 bridgehead atoms. The first-order chi connectivity index (χ1) is 8.56. The van der Waals surface area contributed by atoms with Gasteiger partial charge in [0.25, 0.3) is 0 Å². The van der Waals surface area contributed by atoms with Crippen molar-refractivity contribution < 1.29 is 0 Å². The smallest absolute Gasteiger partial charge is 0.0255 e. The highest BCUT2D eigenvalue weighted by molar-refractivity contribution is 4.98. The molecule has 3 unspecified atom stereocenters. The minimum atomic E-state index is 0.327. The van der Waals surface area contributed by atoms with Crippen LogP contribution in [0.5, 0.6) is 0 Å². The van der Waals surface area contributed by atoms with E-state index in [4.69, 9.17) is 5.73 Å². The second-order valence-corrected chi connectivity index (χ2v) is 7.12. The van der Waals surface area contributed by atoms with Crippen LogP contribution in [0, 0.1) is 5.41 Å². The summed E-state index contributed by atoms with van der Waals surface area (Å²) in [6.45, 7) is 8.36. The van der Waals surface area contributed by atoms with E-state index in [0.29, 0.717) is 17.5 Å². The lowest BCUT2D eigenvalue weighted by atomic mass is 9.70. The molecule has 0 aromatic rings. The van der Waals surface area contributed by atoms with Crippen LogP contribution < -0.4 is 5.73 Å².